The average Bonchev–Trinajstić information content (AvgIpc) is 2.78. The number of rotatable bonds is 3. The van der Waals surface area contributed by atoms with E-state index < -0.39 is 5.60 Å². The normalized spacial score (nSPS) is 33.1. The largest absolute Gasteiger partial charge is 0.389 e. The van der Waals surface area contributed by atoms with E-state index in [4.69, 9.17) is 0 Å². The van der Waals surface area contributed by atoms with Crippen LogP contribution in [0.4, 0.5) is 0 Å². The molecule has 1 aromatic carbocycles. The summed E-state index contributed by atoms with van der Waals surface area (Å²) in [6.07, 6.45) is 6.69. The first-order valence-corrected chi connectivity index (χ1v) is 8.11. The molecule has 3 rings (SSSR count). The maximum Gasteiger partial charge on any atom is 0.0774 e. The fraction of sp³-hybridized carbons (Fsp3) is 0.667. The van der Waals surface area contributed by atoms with Crippen molar-refractivity contribution in [2.75, 3.05) is 6.54 Å². The van der Waals surface area contributed by atoms with Crippen LogP contribution in [0, 0.1) is 12.8 Å². The van der Waals surface area contributed by atoms with Crippen molar-refractivity contribution in [3.63, 3.8) is 0 Å². The van der Waals surface area contributed by atoms with Gasteiger partial charge in [-0.3, -0.25) is 0 Å². The number of benzene rings is 1. The summed E-state index contributed by atoms with van der Waals surface area (Å²) in [7, 11) is 0. The van der Waals surface area contributed by atoms with Crippen LogP contribution in [0.25, 0.3) is 0 Å². The van der Waals surface area contributed by atoms with Gasteiger partial charge in [0.2, 0.25) is 0 Å². The number of aliphatic hydroxyl groups is 1. The lowest BCUT2D eigenvalue weighted by molar-refractivity contribution is -0.0137. The van der Waals surface area contributed by atoms with Gasteiger partial charge in [-0.05, 0) is 49.7 Å². The minimum absolute atomic E-state index is 0.436. The van der Waals surface area contributed by atoms with Gasteiger partial charge in [0.05, 0.1) is 5.60 Å². The Kier molecular flexibility index (Phi) is 3.87. The van der Waals surface area contributed by atoms with Gasteiger partial charge < -0.3 is 10.4 Å². The van der Waals surface area contributed by atoms with Gasteiger partial charge in [-0.25, -0.2) is 0 Å². The first-order valence-electron chi connectivity index (χ1n) is 8.11. The highest BCUT2D eigenvalue weighted by Gasteiger charge is 2.33. The van der Waals surface area contributed by atoms with Gasteiger partial charge in [0.1, 0.15) is 0 Å². The van der Waals surface area contributed by atoms with E-state index in [2.05, 4.69) is 37.4 Å². The molecule has 2 aliphatic rings. The maximum absolute atomic E-state index is 10.7. The lowest BCUT2D eigenvalue weighted by atomic mass is 9.79. The monoisotopic (exact) mass is 273 g/mol. The highest BCUT2D eigenvalue weighted by atomic mass is 16.3. The second-order valence-corrected chi connectivity index (χ2v) is 7.10. The van der Waals surface area contributed by atoms with E-state index in [9.17, 15) is 5.11 Å². The Hall–Kier alpha value is -0.860. The third-order valence-corrected chi connectivity index (χ3v) is 5.12. The summed E-state index contributed by atoms with van der Waals surface area (Å²) in [6, 6.07) is 7.22. The van der Waals surface area contributed by atoms with Crippen LogP contribution < -0.4 is 5.32 Å². The van der Waals surface area contributed by atoms with E-state index >= 15 is 0 Å². The van der Waals surface area contributed by atoms with Crippen molar-refractivity contribution in [3.05, 3.63) is 34.9 Å². The Labute approximate surface area is 122 Å². The summed E-state index contributed by atoms with van der Waals surface area (Å²) in [6.45, 7) is 5.17. The average molecular weight is 273 g/mol. The molecule has 2 aliphatic carbocycles. The van der Waals surface area contributed by atoms with Gasteiger partial charge in [0.25, 0.3) is 0 Å². The smallest absolute Gasteiger partial charge is 0.0774 e. The molecule has 0 saturated heterocycles. The molecule has 0 aromatic heterocycles. The number of hydrogen-bond donors (Lipinski definition) is 2. The molecular weight excluding hydrogens is 246 g/mol. The van der Waals surface area contributed by atoms with Crippen molar-refractivity contribution in [1.29, 1.82) is 0 Å². The van der Waals surface area contributed by atoms with E-state index in [1.807, 2.05) is 0 Å². The molecule has 110 valence electrons. The van der Waals surface area contributed by atoms with Crippen LogP contribution in [0.1, 0.15) is 61.8 Å². The van der Waals surface area contributed by atoms with Gasteiger partial charge in [0.15, 0.2) is 0 Å². The number of nitrogens with one attached hydrogen (secondary N) is 1. The lowest BCUT2D eigenvalue weighted by Crippen LogP contribution is -2.44. The zero-order valence-corrected chi connectivity index (χ0v) is 12.8. The zero-order valence-electron chi connectivity index (χ0n) is 12.8. The summed E-state index contributed by atoms with van der Waals surface area (Å²) in [5, 5.41) is 14.4. The molecule has 0 spiro atoms. The molecule has 0 heterocycles. The Bertz CT molecular complexity index is 484. The number of fused-ring (bicyclic) bond motifs is 1. The van der Waals surface area contributed by atoms with E-state index in [0.29, 0.717) is 12.0 Å². The van der Waals surface area contributed by atoms with Crippen molar-refractivity contribution in [3.8, 4) is 0 Å². The Morgan fingerprint density at radius 1 is 1.35 bits per heavy atom. The summed E-state index contributed by atoms with van der Waals surface area (Å²) in [5.41, 5.74) is 3.79. The van der Waals surface area contributed by atoms with Crippen LogP contribution in [0.2, 0.25) is 0 Å². The van der Waals surface area contributed by atoms with Gasteiger partial charge in [-0.15, -0.1) is 0 Å². The minimum Gasteiger partial charge on any atom is -0.389 e. The third-order valence-electron chi connectivity index (χ3n) is 5.12. The Morgan fingerprint density at radius 3 is 3.00 bits per heavy atom. The highest BCUT2D eigenvalue weighted by molar-refractivity contribution is 5.37. The molecule has 2 N–H and O–H groups in total. The molecule has 0 radical (unpaired) electrons. The van der Waals surface area contributed by atoms with Crippen LogP contribution in [0.3, 0.4) is 0 Å². The zero-order chi connectivity index (χ0) is 14.2. The van der Waals surface area contributed by atoms with Gasteiger partial charge in [0, 0.05) is 12.6 Å². The predicted octanol–water partition coefficient (Wildman–Crippen LogP) is 3.51. The number of hydrogen-bond acceptors (Lipinski definition) is 2. The topological polar surface area (TPSA) is 32.3 Å². The fourth-order valence-electron chi connectivity index (χ4n) is 4.04. The van der Waals surface area contributed by atoms with Crippen LogP contribution in [-0.2, 0) is 6.42 Å². The van der Waals surface area contributed by atoms with Crippen molar-refractivity contribution in [1.82, 2.24) is 5.32 Å². The van der Waals surface area contributed by atoms with E-state index in [0.717, 1.165) is 19.4 Å². The quantitative estimate of drug-likeness (QED) is 0.883. The molecule has 0 amide bonds. The Balaban J connectivity index is 1.64. The lowest BCUT2D eigenvalue weighted by Gasteiger charge is -2.36. The van der Waals surface area contributed by atoms with Crippen molar-refractivity contribution in [2.24, 2.45) is 5.92 Å². The fourth-order valence-corrected chi connectivity index (χ4v) is 4.04. The molecule has 3 atom stereocenters. The third kappa shape index (κ3) is 2.91. The molecule has 2 heteroatoms. The van der Waals surface area contributed by atoms with Gasteiger partial charge >= 0.3 is 0 Å². The summed E-state index contributed by atoms with van der Waals surface area (Å²) in [5.74, 6) is 0.661. The van der Waals surface area contributed by atoms with Crippen LogP contribution in [0.15, 0.2) is 18.2 Å². The molecule has 1 aromatic rings. The van der Waals surface area contributed by atoms with E-state index in [1.165, 1.54) is 42.4 Å². The minimum atomic E-state index is -0.482. The molecule has 0 bridgehead atoms. The number of aryl methyl sites for hydroxylation is 2. The molecule has 0 aliphatic heterocycles. The predicted molar refractivity (Wildman–Crippen MR) is 82.8 cm³/mol. The first kappa shape index (κ1) is 14.1. The first-order chi connectivity index (χ1) is 9.56. The molecule has 1 fully saturated rings. The van der Waals surface area contributed by atoms with Gasteiger partial charge in [-0.2, -0.15) is 0 Å². The summed E-state index contributed by atoms with van der Waals surface area (Å²) < 4.78 is 0. The standard InChI is InChI=1S/C18H27NO/c1-13-5-6-15-7-8-17(16(15)10-13)19-12-18(20)9-3-4-14(2)11-18/h5-6,10,14,17,19-20H,3-4,7-9,11-12H2,1-2H3. The molecule has 3 unspecified atom stereocenters. The van der Waals surface area contributed by atoms with Crippen LogP contribution >= 0.6 is 0 Å². The summed E-state index contributed by atoms with van der Waals surface area (Å²) in [4.78, 5) is 0. The van der Waals surface area contributed by atoms with Crippen LogP contribution in [0.5, 0.6) is 0 Å². The van der Waals surface area contributed by atoms with Crippen molar-refractivity contribution in [2.45, 2.75) is 64.0 Å². The van der Waals surface area contributed by atoms with Crippen molar-refractivity contribution < 1.29 is 5.11 Å². The van der Waals surface area contributed by atoms with E-state index in [1.54, 1.807) is 0 Å². The second-order valence-electron chi connectivity index (χ2n) is 7.10. The molecule has 20 heavy (non-hydrogen) atoms. The summed E-state index contributed by atoms with van der Waals surface area (Å²) >= 11 is 0. The second kappa shape index (κ2) is 5.50. The molecular formula is C18H27NO. The Morgan fingerprint density at radius 2 is 2.20 bits per heavy atom. The highest BCUT2D eigenvalue weighted by Crippen LogP contribution is 2.35. The SMILES string of the molecule is Cc1ccc2c(c1)C(NCC1(O)CCCC(C)C1)CC2. The van der Waals surface area contributed by atoms with Crippen LogP contribution in [-0.4, -0.2) is 17.3 Å². The molecule has 2 nitrogen and oxygen atoms in total. The van der Waals surface area contributed by atoms with Crippen molar-refractivity contribution >= 4 is 0 Å². The maximum atomic E-state index is 10.7. The van der Waals surface area contributed by atoms with Gasteiger partial charge in [-0.1, -0.05) is 43.5 Å². The van der Waals surface area contributed by atoms with E-state index in [-0.39, 0.29) is 0 Å². The molecule has 1 saturated carbocycles.